The van der Waals surface area contributed by atoms with Gasteiger partial charge in [0.1, 0.15) is 0 Å². The predicted molar refractivity (Wildman–Crippen MR) is 98.1 cm³/mol. The van der Waals surface area contributed by atoms with Crippen molar-refractivity contribution in [1.82, 2.24) is 4.31 Å². The molecule has 0 saturated heterocycles. The molecular weight excluding hydrogens is 356 g/mol. The molecule has 2 rings (SSSR count). The highest BCUT2D eigenvalue weighted by atomic mass is 32.2. The molecule has 1 aromatic rings. The van der Waals surface area contributed by atoms with Gasteiger partial charge in [0.25, 0.3) is 5.91 Å². The molecule has 1 N–H and O–H groups in total. The van der Waals surface area contributed by atoms with Crippen LogP contribution in [0, 0.1) is 5.92 Å². The van der Waals surface area contributed by atoms with Crippen LogP contribution in [0.15, 0.2) is 29.2 Å². The molecule has 1 saturated carbocycles. The van der Waals surface area contributed by atoms with E-state index in [4.69, 9.17) is 4.74 Å². The molecule has 1 fully saturated rings. The van der Waals surface area contributed by atoms with Crippen molar-refractivity contribution >= 4 is 27.6 Å². The fourth-order valence-electron chi connectivity index (χ4n) is 2.49. The second-order valence-corrected chi connectivity index (χ2v) is 8.53. The van der Waals surface area contributed by atoms with Gasteiger partial charge in [-0.1, -0.05) is 19.8 Å². The third-order valence-corrected chi connectivity index (χ3v) is 6.33. The van der Waals surface area contributed by atoms with Crippen molar-refractivity contribution in [3.05, 3.63) is 24.3 Å². The van der Waals surface area contributed by atoms with E-state index in [-0.39, 0.29) is 23.4 Å². The molecule has 0 heterocycles. The van der Waals surface area contributed by atoms with Gasteiger partial charge in [-0.3, -0.25) is 9.59 Å². The number of unbranched alkanes of at least 4 members (excludes halogenated alkanes) is 1. The van der Waals surface area contributed by atoms with E-state index < -0.39 is 15.9 Å². The van der Waals surface area contributed by atoms with Crippen molar-refractivity contribution in [2.45, 2.75) is 43.9 Å². The van der Waals surface area contributed by atoms with E-state index in [1.807, 2.05) is 6.92 Å². The Hall–Kier alpha value is -1.93. The van der Waals surface area contributed by atoms with Crippen LogP contribution in [0.4, 0.5) is 5.69 Å². The fraction of sp³-hybridized carbons (Fsp3) is 0.556. The van der Waals surface area contributed by atoms with E-state index in [1.54, 1.807) is 7.05 Å². The first kappa shape index (κ1) is 20.4. The summed E-state index contributed by atoms with van der Waals surface area (Å²) in [7, 11) is -1.98. The van der Waals surface area contributed by atoms with E-state index in [1.165, 1.54) is 28.6 Å². The maximum atomic E-state index is 12.4. The average molecular weight is 382 g/mol. The molecule has 0 spiro atoms. The normalized spacial score (nSPS) is 14.7. The van der Waals surface area contributed by atoms with Crippen LogP contribution in [0.1, 0.15) is 39.0 Å². The minimum Gasteiger partial charge on any atom is -0.455 e. The van der Waals surface area contributed by atoms with Crippen molar-refractivity contribution in [3.8, 4) is 0 Å². The van der Waals surface area contributed by atoms with Crippen molar-refractivity contribution in [2.24, 2.45) is 5.92 Å². The van der Waals surface area contributed by atoms with Crippen molar-refractivity contribution in [1.29, 1.82) is 0 Å². The number of anilines is 1. The summed E-state index contributed by atoms with van der Waals surface area (Å²) >= 11 is 0. The Labute approximate surface area is 154 Å². The lowest BCUT2D eigenvalue weighted by Crippen LogP contribution is -2.28. The Balaban J connectivity index is 1.88. The van der Waals surface area contributed by atoms with Crippen LogP contribution >= 0.6 is 0 Å². The molecule has 0 unspecified atom stereocenters. The second-order valence-electron chi connectivity index (χ2n) is 6.49. The number of benzene rings is 1. The maximum Gasteiger partial charge on any atom is 0.309 e. The molecule has 1 amide bonds. The molecule has 1 aliphatic rings. The van der Waals surface area contributed by atoms with Gasteiger partial charge in [-0.05, 0) is 43.5 Å². The van der Waals surface area contributed by atoms with Crippen LogP contribution in [0.3, 0.4) is 0 Å². The Kier molecular flexibility index (Phi) is 7.16. The summed E-state index contributed by atoms with van der Waals surface area (Å²) < 4.78 is 31.2. The summed E-state index contributed by atoms with van der Waals surface area (Å²) in [5, 5.41) is 2.59. The number of esters is 1. The number of nitrogens with one attached hydrogen (secondary N) is 1. The summed E-state index contributed by atoms with van der Waals surface area (Å²) in [6.07, 6.45) is 4.38. The Bertz CT molecular complexity index is 726. The molecule has 7 nitrogen and oxygen atoms in total. The fourth-order valence-corrected chi connectivity index (χ4v) is 3.70. The first-order valence-electron chi connectivity index (χ1n) is 8.87. The number of rotatable bonds is 9. The molecule has 0 bridgehead atoms. The van der Waals surface area contributed by atoms with Crippen LogP contribution in [0.2, 0.25) is 0 Å². The van der Waals surface area contributed by atoms with Gasteiger partial charge in [0.15, 0.2) is 6.61 Å². The van der Waals surface area contributed by atoms with Crippen LogP contribution < -0.4 is 5.32 Å². The van der Waals surface area contributed by atoms with Gasteiger partial charge in [0.05, 0.1) is 10.8 Å². The molecule has 144 valence electrons. The molecule has 1 aliphatic carbocycles. The molecule has 8 heteroatoms. The second kappa shape index (κ2) is 9.14. The third-order valence-electron chi connectivity index (χ3n) is 4.46. The number of carbonyl (C=O) groups excluding carboxylic acids is 2. The zero-order chi connectivity index (χ0) is 19.2. The van der Waals surface area contributed by atoms with Gasteiger partial charge in [-0.15, -0.1) is 0 Å². The average Bonchev–Trinajstić information content (AvgIpc) is 2.56. The SMILES string of the molecule is CCCCN(C)S(=O)(=O)c1ccc(NC(=O)COC(=O)C2CCC2)cc1. The highest BCUT2D eigenvalue weighted by Crippen LogP contribution is 2.27. The first-order valence-corrected chi connectivity index (χ1v) is 10.3. The molecule has 26 heavy (non-hydrogen) atoms. The number of sulfonamides is 1. The summed E-state index contributed by atoms with van der Waals surface area (Å²) in [5.41, 5.74) is 0.449. The lowest BCUT2D eigenvalue weighted by atomic mass is 9.86. The number of carbonyl (C=O) groups is 2. The Morgan fingerprint density at radius 3 is 2.42 bits per heavy atom. The van der Waals surface area contributed by atoms with Crippen LogP contribution in [0.5, 0.6) is 0 Å². The van der Waals surface area contributed by atoms with E-state index in [2.05, 4.69) is 5.32 Å². The van der Waals surface area contributed by atoms with E-state index >= 15 is 0 Å². The van der Waals surface area contributed by atoms with Crippen molar-refractivity contribution < 1.29 is 22.7 Å². The number of hydrogen-bond donors (Lipinski definition) is 1. The molecular formula is C18H26N2O5S. The van der Waals surface area contributed by atoms with Crippen LogP contribution in [-0.2, 0) is 24.3 Å². The maximum absolute atomic E-state index is 12.4. The van der Waals surface area contributed by atoms with Gasteiger partial charge in [-0.2, -0.15) is 0 Å². The largest absolute Gasteiger partial charge is 0.455 e. The predicted octanol–water partition coefficient (Wildman–Crippen LogP) is 2.39. The third kappa shape index (κ3) is 5.28. The van der Waals surface area contributed by atoms with Gasteiger partial charge in [-0.25, -0.2) is 12.7 Å². The molecule has 0 radical (unpaired) electrons. The Morgan fingerprint density at radius 2 is 1.88 bits per heavy atom. The summed E-state index contributed by atoms with van der Waals surface area (Å²) in [4.78, 5) is 23.6. The van der Waals surface area contributed by atoms with Crippen molar-refractivity contribution in [2.75, 3.05) is 25.5 Å². The topological polar surface area (TPSA) is 92.8 Å². The van der Waals surface area contributed by atoms with E-state index in [0.717, 1.165) is 32.1 Å². The van der Waals surface area contributed by atoms with E-state index in [0.29, 0.717) is 12.2 Å². The first-order chi connectivity index (χ1) is 12.3. The monoisotopic (exact) mass is 382 g/mol. The number of amides is 1. The zero-order valence-electron chi connectivity index (χ0n) is 15.2. The number of nitrogens with zero attached hydrogens (tertiary/aromatic N) is 1. The highest BCUT2D eigenvalue weighted by Gasteiger charge is 2.27. The number of ether oxygens (including phenoxy) is 1. The zero-order valence-corrected chi connectivity index (χ0v) is 16.0. The Morgan fingerprint density at radius 1 is 1.23 bits per heavy atom. The van der Waals surface area contributed by atoms with Crippen LogP contribution in [-0.4, -0.2) is 44.8 Å². The standard InChI is InChI=1S/C18H26N2O5S/c1-3-4-12-20(2)26(23,24)16-10-8-15(9-11-16)19-17(21)13-25-18(22)14-6-5-7-14/h8-11,14H,3-7,12-13H2,1-2H3,(H,19,21). The summed E-state index contributed by atoms with van der Waals surface area (Å²) in [5.74, 6) is -0.853. The van der Waals surface area contributed by atoms with Gasteiger partial charge < -0.3 is 10.1 Å². The summed E-state index contributed by atoms with van der Waals surface area (Å²) in [6, 6.07) is 5.94. The van der Waals surface area contributed by atoms with Gasteiger partial charge >= 0.3 is 5.97 Å². The minimum absolute atomic E-state index is 0.0722. The summed E-state index contributed by atoms with van der Waals surface area (Å²) in [6.45, 7) is 2.13. The molecule has 0 atom stereocenters. The minimum atomic E-state index is -3.53. The number of hydrogen-bond acceptors (Lipinski definition) is 5. The smallest absolute Gasteiger partial charge is 0.309 e. The lowest BCUT2D eigenvalue weighted by Gasteiger charge is -2.22. The quantitative estimate of drug-likeness (QED) is 0.662. The van der Waals surface area contributed by atoms with Gasteiger partial charge in [0, 0.05) is 19.3 Å². The van der Waals surface area contributed by atoms with Crippen molar-refractivity contribution in [3.63, 3.8) is 0 Å². The van der Waals surface area contributed by atoms with Gasteiger partial charge in [0.2, 0.25) is 10.0 Å². The van der Waals surface area contributed by atoms with E-state index in [9.17, 15) is 18.0 Å². The van der Waals surface area contributed by atoms with Crippen LogP contribution in [0.25, 0.3) is 0 Å². The molecule has 0 aliphatic heterocycles. The highest BCUT2D eigenvalue weighted by molar-refractivity contribution is 7.89. The lowest BCUT2D eigenvalue weighted by molar-refractivity contribution is -0.154. The molecule has 0 aromatic heterocycles. The molecule has 1 aromatic carbocycles.